The molecule has 0 heterocycles. The van der Waals surface area contributed by atoms with Gasteiger partial charge >= 0.3 is 0 Å². The molecule has 3 nitrogen and oxygen atoms in total. The minimum absolute atomic E-state index is 0.0102. The minimum atomic E-state index is -0.409. The second-order valence-electron chi connectivity index (χ2n) is 3.34. The lowest BCUT2D eigenvalue weighted by atomic mass is 10.1. The molecule has 0 aliphatic carbocycles. The van der Waals surface area contributed by atoms with Crippen molar-refractivity contribution >= 4 is 11.7 Å². The van der Waals surface area contributed by atoms with Crippen LogP contribution in [0.2, 0.25) is 0 Å². The highest BCUT2D eigenvalue weighted by atomic mass is 16.2. The molecule has 0 aliphatic heterocycles. The average Bonchev–Trinajstić information content (AvgIpc) is 2.04. The highest BCUT2D eigenvalue weighted by Gasteiger charge is 2.15. The van der Waals surface area contributed by atoms with Crippen LogP contribution in [0.4, 0.5) is 0 Å². The van der Waals surface area contributed by atoms with Crippen LogP contribution in [0.1, 0.15) is 27.2 Å². The van der Waals surface area contributed by atoms with Crippen LogP contribution in [0.5, 0.6) is 0 Å². The van der Waals surface area contributed by atoms with Crippen LogP contribution in [0.3, 0.4) is 0 Å². The van der Waals surface area contributed by atoms with Gasteiger partial charge in [-0.25, -0.2) is 0 Å². The number of rotatable bonds is 5. The highest BCUT2D eigenvalue weighted by Crippen LogP contribution is 1.96. The van der Waals surface area contributed by atoms with Gasteiger partial charge in [-0.3, -0.25) is 9.59 Å². The summed E-state index contributed by atoms with van der Waals surface area (Å²) in [7, 11) is 0. The second kappa shape index (κ2) is 5.51. The summed E-state index contributed by atoms with van der Waals surface area (Å²) in [6, 6.07) is -0.409. The van der Waals surface area contributed by atoms with Gasteiger partial charge in [0.05, 0.1) is 6.04 Å². The molecular formula is C10H17NO2. The van der Waals surface area contributed by atoms with Crippen molar-refractivity contribution in [2.24, 2.45) is 5.92 Å². The van der Waals surface area contributed by atoms with Crippen LogP contribution in [0.15, 0.2) is 12.7 Å². The molecule has 1 atom stereocenters. The number of carbonyl (C=O) groups is 2. The number of allylic oxidation sites excluding steroid dienone is 1. The first-order valence-corrected chi connectivity index (χ1v) is 4.43. The highest BCUT2D eigenvalue weighted by molar-refractivity contribution is 5.89. The molecule has 3 heteroatoms. The number of hydrogen-bond donors (Lipinski definition) is 1. The lowest BCUT2D eigenvalue weighted by Crippen LogP contribution is -2.40. The van der Waals surface area contributed by atoms with E-state index in [1.54, 1.807) is 26.8 Å². The Balaban J connectivity index is 3.99. The molecule has 0 rings (SSSR count). The van der Waals surface area contributed by atoms with Crippen molar-refractivity contribution in [1.82, 2.24) is 5.32 Å². The van der Waals surface area contributed by atoms with Crippen molar-refractivity contribution < 1.29 is 9.59 Å². The molecule has 0 saturated carbocycles. The average molecular weight is 183 g/mol. The molecule has 0 radical (unpaired) electrons. The summed E-state index contributed by atoms with van der Waals surface area (Å²) < 4.78 is 0. The van der Waals surface area contributed by atoms with Gasteiger partial charge in [-0.15, -0.1) is 6.58 Å². The molecular weight excluding hydrogens is 166 g/mol. The standard InChI is InChI=1S/C10H17NO2/c1-5-6-9(12)8(4)11-10(13)7(2)3/h5,7-8H,1,6H2,2-4H3,(H,11,13)/t8-/m1/s1. The fraction of sp³-hybridized carbons (Fsp3) is 0.600. The molecule has 0 saturated heterocycles. The van der Waals surface area contributed by atoms with Crippen molar-refractivity contribution in [3.8, 4) is 0 Å². The number of Topliss-reactive ketones (excluding diaryl/α,β-unsaturated/α-hetero) is 1. The summed E-state index contributed by atoms with van der Waals surface area (Å²) in [6.07, 6.45) is 1.85. The number of hydrogen-bond acceptors (Lipinski definition) is 2. The molecule has 1 amide bonds. The molecule has 0 fully saturated rings. The van der Waals surface area contributed by atoms with E-state index in [0.29, 0.717) is 6.42 Å². The lowest BCUT2D eigenvalue weighted by Gasteiger charge is -2.13. The third-order valence-corrected chi connectivity index (χ3v) is 1.71. The van der Waals surface area contributed by atoms with Crippen molar-refractivity contribution in [3.63, 3.8) is 0 Å². The monoisotopic (exact) mass is 183 g/mol. The Morgan fingerprint density at radius 3 is 2.31 bits per heavy atom. The van der Waals surface area contributed by atoms with Crippen LogP contribution < -0.4 is 5.32 Å². The third-order valence-electron chi connectivity index (χ3n) is 1.71. The first-order valence-electron chi connectivity index (χ1n) is 4.43. The van der Waals surface area contributed by atoms with Crippen molar-refractivity contribution in [2.75, 3.05) is 0 Å². The van der Waals surface area contributed by atoms with Crippen LogP contribution in [0.25, 0.3) is 0 Å². The Labute approximate surface area is 79.2 Å². The number of amides is 1. The van der Waals surface area contributed by atoms with E-state index >= 15 is 0 Å². The predicted octanol–water partition coefficient (Wildman–Crippen LogP) is 1.29. The summed E-state index contributed by atoms with van der Waals surface area (Å²) in [6.45, 7) is 8.73. The molecule has 74 valence electrons. The molecule has 0 aromatic heterocycles. The Morgan fingerprint density at radius 1 is 1.38 bits per heavy atom. The number of ketones is 1. The van der Waals surface area contributed by atoms with Gasteiger partial charge in [-0.05, 0) is 6.92 Å². The SMILES string of the molecule is C=CCC(=O)[C@@H](C)NC(=O)C(C)C. The van der Waals surface area contributed by atoms with Gasteiger partial charge in [0.1, 0.15) is 0 Å². The van der Waals surface area contributed by atoms with E-state index in [1.807, 2.05) is 0 Å². The van der Waals surface area contributed by atoms with Gasteiger partial charge < -0.3 is 5.32 Å². The summed E-state index contributed by atoms with van der Waals surface area (Å²) in [4.78, 5) is 22.4. The smallest absolute Gasteiger partial charge is 0.223 e. The molecule has 0 aromatic rings. The Hall–Kier alpha value is -1.12. The summed E-state index contributed by atoms with van der Waals surface area (Å²) in [5.41, 5.74) is 0. The van der Waals surface area contributed by atoms with E-state index in [0.717, 1.165) is 0 Å². The Kier molecular flexibility index (Phi) is 5.04. The first kappa shape index (κ1) is 11.9. The van der Waals surface area contributed by atoms with Gasteiger partial charge in [-0.1, -0.05) is 19.9 Å². The maximum atomic E-state index is 11.2. The van der Waals surface area contributed by atoms with Crippen LogP contribution in [-0.2, 0) is 9.59 Å². The van der Waals surface area contributed by atoms with Crippen molar-refractivity contribution in [2.45, 2.75) is 33.2 Å². The summed E-state index contributed by atoms with van der Waals surface area (Å²) in [5.74, 6) is -0.187. The van der Waals surface area contributed by atoms with Crippen LogP contribution in [-0.4, -0.2) is 17.7 Å². The fourth-order valence-electron chi connectivity index (χ4n) is 0.780. The van der Waals surface area contributed by atoms with Gasteiger partial charge in [-0.2, -0.15) is 0 Å². The maximum absolute atomic E-state index is 11.2. The largest absolute Gasteiger partial charge is 0.346 e. The molecule has 0 unspecified atom stereocenters. The van der Waals surface area contributed by atoms with E-state index in [9.17, 15) is 9.59 Å². The summed E-state index contributed by atoms with van der Waals surface area (Å²) in [5, 5.41) is 2.63. The van der Waals surface area contributed by atoms with Crippen LogP contribution in [0, 0.1) is 5.92 Å². The molecule has 1 N–H and O–H groups in total. The maximum Gasteiger partial charge on any atom is 0.223 e. The van der Waals surface area contributed by atoms with E-state index in [1.165, 1.54) is 0 Å². The van der Waals surface area contributed by atoms with Gasteiger partial charge in [0, 0.05) is 12.3 Å². The summed E-state index contributed by atoms with van der Waals surface area (Å²) >= 11 is 0. The van der Waals surface area contributed by atoms with E-state index in [4.69, 9.17) is 0 Å². The van der Waals surface area contributed by atoms with Gasteiger partial charge in [0.15, 0.2) is 5.78 Å². The van der Waals surface area contributed by atoms with Gasteiger partial charge in [0.2, 0.25) is 5.91 Å². The lowest BCUT2D eigenvalue weighted by molar-refractivity contribution is -0.128. The van der Waals surface area contributed by atoms with Gasteiger partial charge in [0.25, 0.3) is 0 Å². The van der Waals surface area contributed by atoms with Crippen LogP contribution >= 0.6 is 0 Å². The zero-order valence-electron chi connectivity index (χ0n) is 8.46. The fourth-order valence-corrected chi connectivity index (χ4v) is 0.780. The third kappa shape index (κ3) is 4.45. The molecule has 0 aliphatic rings. The topological polar surface area (TPSA) is 46.2 Å². The van der Waals surface area contributed by atoms with Crippen molar-refractivity contribution in [3.05, 3.63) is 12.7 Å². The normalized spacial score (nSPS) is 12.3. The number of carbonyl (C=O) groups excluding carboxylic acids is 2. The van der Waals surface area contributed by atoms with Crippen molar-refractivity contribution in [1.29, 1.82) is 0 Å². The molecule has 13 heavy (non-hydrogen) atoms. The molecule has 0 bridgehead atoms. The zero-order valence-corrected chi connectivity index (χ0v) is 8.46. The minimum Gasteiger partial charge on any atom is -0.346 e. The van der Waals surface area contributed by atoms with E-state index in [-0.39, 0.29) is 17.6 Å². The predicted molar refractivity (Wildman–Crippen MR) is 52.3 cm³/mol. The Bertz CT molecular complexity index is 209. The quantitative estimate of drug-likeness (QED) is 0.653. The van der Waals surface area contributed by atoms with E-state index in [2.05, 4.69) is 11.9 Å². The number of nitrogens with one attached hydrogen (secondary N) is 1. The zero-order chi connectivity index (χ0) is 10.4. The molecule has 0 spiro atoms. The second-order valence-corrected chi connectivity index (χ2v) is 3.34. The Morgan fingerprint density at radius 2 is 1.92 bits per heavy atom. The first-order chi connectivity index (χ1) is 5.99. The molecule has 0 aromatic carbocycles. The van der Waals surface area contributed by atoms with E-state index < -0.39 is 6.04 Å².